The highest BCUT2D eigenvalue weighted by atomic mass is 32.1. The molecule has 2 aromatic rings. The molecule has 0 saturated carbocycles. The Morgan fingerprint density at radius 2 is 2.11 bits per heavy atom. The van der Waals surface area contributed by atoms with Gasteiger partial charge in [0, 0.05) is 31.0 Å². The molecule has 6 nitrogen and oxygen atoms in total. The fraction of sp³-hybridized carbons (Fsp3) is 0.450. The first-order valence-corrected chi connectivity index (χ1v) is 10.3. The van der Waals surface area contributed by atoms with Crippen molar-refractivity contribution < 1.29 is 9.59 Å². The van der Waals surface area contributed by atoms with Crippen LogP contribution in [0.4, 0.5) is 5.13 Å². The van der Waals surface area contributed by atoms with Crippen LogP contribution in [0.15, 0.2) is 29.6 Å². The first-order chi connectivity index (χ1) is 13.1. The molecule has 7 heteroatoms. The van der Waals surface area contributed by atoms with E-state index in [1.807, 2.05) is 5.38 Å². The summed E-state index contributed by atoms with van der Waals surface area (Å²) in [7, 11) is 0. The molecule has 3 N–H and O–H groups in total. The molecule has 1 aromatic heterocycles. The molecule has 1 atom stereocenters. The summed E-state index contributed by atoms with van der Waals surface area (Å²) in [6.07, 6.45) is 3.81. The Balaban J connectivity index is 1.52. The Hall–Kier alpha value is -2.25. The Labute approximate surface area is 163 Å². The summed E-state index contributed by atoms with van der Waals surface area (Å²) in [6, 6.07) is 8.29. The van der Waals surface area contributed by atoms with Crippen molar-refractivity contribution >= 4 is 28.3 Å². The molecule has 1 fully saturated rings. The van der Waals surface area contributed by atoms with E-state index in [-0.39, 0.29) is 17.7 Å². The van der Waals surface area contributed by atoms with Crippen LogP contribution < -0.4 is 16.0 Å². The summed E-state index contributed by atoms with van der Waals surface area (Å²) < 4.78 is 0. The Morgan fingerprint density at radius 1 is 1.30 bits per heavy atom. The van der Waals surface area contributed by atoms with E-state index in [9.17, 15) is 9.59 Å². The quantitative estimate of drug-likeness (QED) is 0.639. The summed E-state index contributed by atoms with van der Waals surface area (Å²) in [5.74, 6) is 0.0945. The largest absolute Gasteiger partial charge is 0.356 e. The average molecular weight is 387 g/mol. The standard InChI is InChI=1S/C20H26N4O2S/c1-14(25)22-11-2-4-15-6-8-16(9-7-15)18-13-27-20(23-18)24-19(26)17-5-3-10-21-12-17/h6-9,13,17,21H,2-5,10-12H2,1H3,(H,22,25)(H,23,24,26). The zero-order chi connectivity index (χ0) is 19.1. The van der Waals surface area contributed by atoms with Crippen LogP contribution in [0.25, 0.3) is 11.3 Å². The highest BCUT2D eigenvalue weighted by Gasteiger charge is 2.21. The van der Waals surface area contributed by atoms with Crippen molar-refractivity contribution in [1.29, 1.82) is 0 Å². The lowest BCUT2D eigenvalue weighted by atomic mass is 9.99. The van der Waals surface area contributed by atoms with Crippen LogP contribution in [0.1, 0.15) is 31.7 Å². The number of aryl methyl sites for hydroxylation is 1. The molecule has 1 aliphatic rings. The van der Waals surface area contributed by atoms with E-state index in [2.05, 4.69) is 45.2 Å². The number of carbonyl (C=O) groups excluding carboxylic acids is 2. The molecule has 0 spiro atoms. The number of anilines is 1. The maximum atomic E-state index is 12.3. The summed E-state index contributed by atoms with van der Waals surface area (Å²) in [5, 5.41) is 11.6. The highest BCUT2D eigenvalue weighted by Crippen LogP contribution is 2.26. The molecule has 144 valence electrons. The van der Waals surface area contributed by atoms with E-state index in [0.29, 0.717) is 11.7 Å². The van der Waals surface area contributed by atoms with Crippen LogP contribution in [0.5, 0.6) is 0 Å². The third kappa shape index (κ3) is 5.87. The van der Waals surface area contributed by atoms with Gasteiger partial charge in [0.1, 0.15) is 0 Å². The lowest BCUT2D eigenvalue weighted by Crippen LogP contribution is -2.37. The van der Waals surface area contributed by atoms with Crippen LogP contribution in [-0.2, 0) is 16.0 Å². The molecule has 3 rings (SSSR count). The van der Waals surface area contributed by atoms with Crippen LogP contribution in [0, 0.1) is 5.92 Å². The third-order valence-corrected chi connectivity index (χ3v) is 5.43. The maximum Gasteiger partial charge on any atom is 0.230 e. The van der Waals surface area contributed by atoms with Crippen molar-refractivity contribution in [3.05, 3.63) is 35.2 Å². The fourth-order valence-corrected chi connectivity index (χ4v) is 3.87. The predicted molar refractivity (Wildman–Crippen MR) is 109 cm³/mol. The monoisotopic (exact) mass is 386 g/mol. The maximum absolute atomic E-state index is 12.3. The van der Waals surface area contributed by atoms with Crippen molar-refractivity contribution in [3.63, 3.8) is 0 Å². The smallest absolute Gasteiger partial charge is 0.230 e. The number of nitrogens with one attached hydrogen (secondary N) is 3. The van der Waals surface area contributed by atoms with Crippen LogP contribution in [-0.4, -0.2) is 36.4 Å². The van der Waals surface area contributed by atoms with Gasteiger partial charge in [-0.15, -0.1) is 11.3 Å². The van der Waals surface area contributed by atoms with E-state index in [1.54, 1.807) is 0 Å². The van der Waals surface area contributed by atoms with E-state index < -0.39 is 0 Å². The van der Waals surface area contributed by atoms with Gasteiger partial charge in [-0.1, -0.05) is 24.3 Å². The number of amides is 2. The molecular formula is C20H26N4O2S. The van der Waals surface area contributed by atoms with Gasteiger partial charge in [-0.3, -0.25) is 9.59 Å². The lowest BCUT2D eigenvalue weighted by Gasteiger charge is -2.21. The van der Waals surface area contributed by atoms with Gasteiger partial charge in [-0.25, -0.2) is 4.98 Å². The van der Waals surface area contributed by atoms with Crippen molar-refractivity contribution in [2.24, 2.45) is 5.92 Å². The normalized spacial score (nSPS) is 16.7. The van der Waals surface area contributed by atoms with E-state index in [4.69, 9.17) is 0 Å². The van der Waals surface area contributed by atoms with Crippen LogP contribution in [0.2, 0.25) is 0 Å². The van der Waals surface area contributed by atoms with E-state index in [0.717, 1.165) is 50.0 Å². The van der Waals surface area contributed by atoms with Crippen molar-refractivity contribution in [3.8, 4) is 11.3 Å². The minimum absolute atomic E-state index is 0.0107. The van der Waals surface area contributed by atoms with Crippen LogP contribution in [0.3, 0.4) is 0 Å². The first kappa shape index (κ1) is 19.5. The summed E-state index contributed by atoms with van der Waals surface area (Å²) in [4.78, 5) is 27.7. The summed E-state index contributed by atoms with van der Waals surface area (Å²) in [5.41, 5.74) is 3.15. The SMILES string of the molecule is CC(=O)NCCCc1ccc(-c2csc(NC(=O)C3CCCNC3)n2)cc1. The number of hydrogen-bond donors (Lipinski definition) is 3. The molecular weight excluding hydrogens is 360 g/mol. The predicted octanol–water partition coefficient (Wildman–Crippen LogP) is 2.82. The second kappa shape index (κ2) is 9.62. The van der Waals surface area contributed by atoms with Crippen LogP contribution >= 0.6 is 11.3 Å². The molecule has 2 amide bonds. The zero-order valence-corrected chi connectivity index (χ0v) is 16.4. The highest BCUT2D eigenvalue weighted by molar-refractivity contribution is 7.14. The van der Waals surface area contributed by atoms with Gasteiger partial charge in [0.25, 0.3) is 0 Å². The zero-order valence-electron chi connectivity index (χ0n) is 15.6. The molecule has 1 unspecified atom stereocenters. The molecule has 1 saturated heterocycles. The number of thiazole rings is 1. The molecule has 0 aliphatic carbocycles. The topological polar surface area (TPSA) is 83.1 Å². The number of aromatic nitrogens is 1. The Kier molecular flexibility index (Phi) is 6.95. The van der Waals surface area contributed by atoms with Crippen molar-refractivity contribution in [2.75, 3.05) is 25.0 Å². The van der Waals surface area contributed by atoms with Crippen molar-refractivity contribution in [1.82, 2.24) is 15.6 Å². The van der Waals surface area contributed by atoms with Gasteiger partial charge in [-0.2, -0.15) is 0 Å². The summed E-state index contributed by atoms with van der Waals surface area (Å²) >= 11 is 1.46. The molecule has 0 radical (unpaired) electrons. The van der Waals surface area contributed by atoms with Crippen molar-refractivity contribution in [2.45, 2.75) is 32.6 Å². The van der Waals surface area contributed by atoms with Gasteiger partial charge < -0.3 is 16.0 Å². The second-order valence-electron chi connectivity index (χ2n) is 6.85. The Morgan fingerprint density at radius 3 is 2.81 bits per heavy atom. The Bertz CT molecular complexity index is 767. The van der Waals surface area contributed by atoms with Gasteiger partial charge in [-0.05, 0) is 37.8 Å². The molecule has 27 heavy (non-hydrogen) atoms. The summed E-state index contributed by atoms with van der Waals surface area (Å²) in [6.45, 7) is 3.97. The lowest BCUT2D eigenvalue weighted by molar-refractivity contribution is -0.120. The molecule has 1 aliphatic heterocycles. The minimum atomic E-state index is 0.0107. The number of nitrogens with zero attached hydrogens (tertiary/aromatic N) is 1. The fourth-order valence-electron chi connectivity index (χ4n) is 3.15. The first-order valence-electron chi connectivity index (χ1n) is 9.42. The average Bonchev–Trinajstić information content (AvgIpc) is 3.15. The minimum Gasteiger partial charge on any atom is -0.356 e. The number of carbonyl (C=O) groups is 2. The molecule has 0 bridgehead atoms. The number of benzene rings is 1. The van der Waals surface area contributed by atoms with E-state index in [1.165, 1.54) is 23.8 Å². The number of rotatable bonds is 7. The second-order valence-corrected chi connectivity index (χ2v) is 7.71. The van der Waals surface area contributed by atoms with Gasteiger partial charge >= 0.3 is 0 Å². The van der Waals surface area contributed by atoms with Gasteiger partial charge in [0.15, 0.2) is 5.13 Å². The molecule has 1 aromatic carbocycles. The number of piperidine rings is 1. The molecule has 2 heterocycles. The van der Waals surface area contributed by atoms with E-state index >= 15 is 0 Å². The number of hydrogen-bond acceptors (Lipinski definition) is 5. The van der Waals surface area contributed by atoms with Gasteiger partial charge in [0.05, 0.1) is 11.6 Å². The third-order valence-electron chi connectivity index (χ3n) is 4.67. The van der Waals surface area contributed by atoms with Gasteiger partial charge in [0.2, 0.25) is 11.8 Å².